The van der Waals surface area contributed by atoms with Crippen molar-refractivity contribution < 1.29 is 14.3 Å². The molecule has 2 N–H and O–H groups in total. The Morgan fingerprint density at radius 3 is 2.71 bits per heavy atom. The molecule has 0 fully saturated rings. The quantitative estimate of drug-likeness (QED) is 0.298. The van der Waals surface area contributed by atoms with Gasteiger partial charge in [0.05, 0.1) is 19.0 Å². The van der Waals surface area contributed by atoms with Gasteiger partial charge in [-0.25, -0.2) is 4.98 Å². The number of carbonyl (C=O) groups excluding carboxylic acids is 2. The fraction of sp³-hybridized carbons (Fsp3) is 0.192. The number of imidazole rings is 1. The summed E-state index contributed by atoms with van der Waals surface area (Å²) in [5.74, 6) is -0.343. The van der Waals surface area contributed by atoms with Crippen molar-refractivity contribution in [3.8, 4) is 5.75 Å². The van der Waals surface area contributed by atoms with E-state index in [4.69, 9.17) is 4.74 Å². The first-order valence-electron chi connectivity index (χ1n) is 11.0. The second-order valence-electron chi connectivity index (χ2n) is 7.83. The van der Waals surface area contributed by atoms with Crippen LogP contribution in [0.1, 0.15) is 22.3 Å². The number of rotatable bonds is 9. The molecule has 0 atom stereocenters. The van der Waals surface area contributed by atoms with Gasteiger partial charge in [-0.15, -0.1) is 0 Å². The Labute approximate surface area is 197 Å². The molecule has 0 aliphatic rings. The molecule has 0 radical (unpaired) electrons. The Bertz CT molecular complexity index is 1320. The van der Waals surface area contributed by atoms with E-state index in [0.29, 0.717) is 17.9 Å². The summed E-state index contributed by atoms with van der Waals surface area (Å²) < 4.78 is 9.25. The van der Waals surface area contributed by atoms with Crippen molar-refractivity contribution in [2.75, 3.05) is 13.7 Å². The molecule has 2 aromatic heterocycles. The van der Waals surface area contributed by atoms with Gasteiger partial charge >= 0.3 is 0 Å². The van der Waals surface area contributed by atoms with E-state index >= 15 is 0 Å². The average molecular weight is 458 g/mol. The van der Waals surface area contributed by atoms with Crippen LogP contribution in [0.25, 0.3) is 17.0 Å². The monoisotopic (exact) mass is 457 g/mol. The molecule has 0 aliphatic carbocycles. The van der Waals surface area contributed by atoms with Crippen LogP contribution in [-0.2, 0) is 18.4 Å². The molecule has 8 heteroatoms. The molecule has 0 saturated carbocycles. The Kier molecular flexibility index (Phi) is 7.07. The first-order valence-corrected chi connectivity index (χ1v) is 11.0. The molecule has 0 aliphatic heterocycles. The average Bonchev–Trinajstić information content (AvgIpc) is 3.49. The van der Waals surface area contributed by atoms with E-state index in [9.17, 15) is 9.59 Å². The maximum absolute atomic E-state index is 13.1. The van der Waals surface area contributed by atoms with Gasteiger partial charge in [0.15, 0.2) is 0 Å². The molecule has 0 saturated heterocycles. The van der Waals surface area contributed by atoms with Gasteiger partial charge in [0.25, 0.3) is 11.8 Å². The second kappa shape index (κ2) is 10.5. The minimum absolute atomic E-state index is 0.162. The molecule has 174 valence electrons. The number of nitrogens with zero attached hydrogens (tertiary/aromatic N) is 3. The lowest BCUT2D eigenvalue weighted by Gasteiger charge is -2.13. The number of hydrogen-bond acceptors (Lipinski definition) is 4. The smallest absolute Gasteiger partial charge is 0.267 e. The number of hydrogen-bond donors (Lipinski definition) is 2. The van der Waals surface area contributed by atoms with Gasteiger partial charge in [-0.2, -0.15) is 0 Å². The zero-order valence-electron chi connectivity index (χ0n) is 19.2. The number of methoxy groups -OCH3 is 1. The maximum Gasteiger partial charge on any atom is 0.267 e. The molecule has 8 nitrogen and oxygen atoms in total. The number of nitrogens with one attached hydrogen (secondary N) is 2. The van der Waals surface area contributed by atoms with Crippen LogP contribution in [0, 0.1) is 0 Å². The number of carbonyl (C=O) groups is 2. The van der Waals surface area contributed by atoms with Crippen molar-refractivity contribution in [3.05, 3.63) is 90.3 Å². The zero-order chi connectivity index (χ0) is 23.9. The Hall–Kier alpha value is -4.33. The number of para-hydroxylation sites is 2. The fourth-order valence-corrected chi connectivity index (χ4v) is 3.80. The first-order chi connectivity index (χ1) is 16.6. The molecular formula is C26H27N5O3. The third kappa shape index (κ3) is 5.17. The van der Waals surface area contributed by atoms with E-state index < -0.39 is 5.91 Å². The zero-order valence-corrected chi connectivity index (χ0v) is 19.2. The molecule has 2 heterocycles. The number of aryl methyl sites for hydroxylation is 2. The summed E-state index contributed by atoms with van der Waals surface area (Å²) in [6.45, 7) is 1.19. The van der Waals surface area contributed by atoms with Gasteiger partial charge in [-0.05, 0) is 30.7 Å². The van der Waals surface area contributed by atoms with Gasteiger partial charge < -0.3 is 24.5 Å². The van der Waals surface area contributed by atoms with Crippen LogP contribution in [0.5, 0.6) is 5.75 Å². The molecule has 0 unspecified atom stereocenters. The van der Waals surface area contributed by atoms with Crippen LogP contribution in [0.15, 0.2) is 79.1 Å². The SMILES string of the molecule is COc1ccccc1C(=O)N/C(=C\c1cn(C)c2ccccc12)C(=O)NCCCn1ccnc1. The van der Waals surface area contributed by atoms with E-state index in [0.717, 1.165) is 29.4 Å². The lowest BCUT2D eigenvalue weighted by atomic mass is 10.1. The van der Waals surface area contributed by atoms with Crippen molar-refractivity contribution in [2.24, 2.45) is 7.05 Å². The van der Waals surface area contributed by atoms with Gasteiger partial charge in [-0.3, -0.25) is 9.59 Å². The van der Waals surface area contributed by atoms with Crippen LogP contribution >= 0.6 is 0 Å². The predicted octanol–water partition coefficient (Wildman–Crippen LogP) is 3.36. The van der Waals surface area contributed by atoms with Crippen LogP contribution in [0.4, 0.5) is 0 Å². The summed E-state index contributed by atoms with van der Waals surface area (Å²) in [7, 11) is 3.45. The highest BCUT2D eigenvalue weighted by molar-refractivity contribution is 6.07. The van der Waals surface area contributed by atoms with Crippen molar-refractivity contribution in [2.45, 2.75) is 13.0 Å². The van der Waals surface area contributed by atoms with E-state index in [1.807, 2.05) is 52.8 Å². The Morgan fingerprint density at radius 1 is 1.12 bits per heavy atom. The number of ether oxygens (including phenoxy) is 1. The minimum atomic E-state index is -0.419. The molecule has 34 heavy (non-hydrogen) atoms. The first kappa shape index (κ1) is 22.8. The van der Waals surface area contributed by atoms with Gasteiger partial charge in [-0.1, -0.05) is 30.3 Å². The molecule has 2 amide bonds. The topological polar surface area (TPSA) is 90.2 Å². The largest absolute Gasteiger partial charge is 0.496 e. The lowest BCUT2D eigenvalue weighted by molar-refractivity contribution is -0.117. The van der Waals surface area contributed by atoms with Crippen LogP contribution < -0.4 is 15.4 Å². The summed E-state index contributed by atoms with van der Waals surface area (Å²) in [6.07, 6.45) is 9.70. The molecule has 2 aromatic carbocycles. The maximum atomic E-state index is 13.1. The third-order valence-corrected chi connectivity index (χ3v) is 5.51. The number of benzene rings is 2. The lowest BCUT2D eigenvalue weighted by Crippen LogP contribution is -2.35. The molecule has 4 rings (SSSR count). The van der Waals surface area contributed by atoms with E-state index in [1.54, 1.807) is 42.9 Å². The summed E-state index contributed by atoms with van der Waals surface area (Å²) in [6, 6.07) is 14.8. The van der Waals surface area contributed by atoms with Crippen LogP contribution in [0.2, 0.25) is 0 Å². The number of aromatic nitrogens is 3. The summed E-state index contributed by atoms with van der Waals surface area (Å²) in [4.78, 5) is 30.2. The van der Waals surface area contributed by atoms with Crippen molar-refractivity contribution in [1.82, 2.24) is 24.8 Å². The fourth-order valence-electron chi connectivity index (χ4n) is 3.80. The molecule has 4 aromatic rings. The Morgan fingerprint density at radius 2 is 1.91 bits per heavy atom. The van der Waals surface area contributed by atoms with Crippen molar-refractivity contribution in [1.29, 1.82) is 0 Å². The second-order valence-corrected chi connectivity index (χ2v) is 7.83. The minimum Gasteiger partial charge on any atom is -0.496 e. The highest BCUT2D eigenvalue weighted by atomic mass is 16.5. The van der Waals surface area contributed by atoms with Gasteiger partial charge in [0.1, 0.15) is 11.4 Å². The van der Waals surface area contributed by atoms with Gasteiger partial charge in [0, 0.05) is 55.2 Å². The summed E-state index contributed by atoms with van der Waals surface area (Å²) in [5.41, 5.74) is 2.38. The summed E-state index contributed by atoms with van der Waals surface area (Å²) in [5, 5.41) is 6.69. The molecular weight excluding hydrogens is 430 g/mol. The molecule has 0 bridgehead atoms. The summed E-state index contributed by atoms with van der Waals surface area (Å²) >= 11 is 0. The predicted molar refractivity (Wildman–Crippen MR) is 131 cm³/mol. The van der Waals surface area contributed by atoms with E-state index in [-0.39, 0.29) is 11.6 Å². The normalized spacial score (nSPS) is 11.4. The number of amides is 2. The van der Waals surface area contributed by atoms with E-state index in [1.165, 1.54) is 7.11 Å². The molecule has 0 spiro atoms. The van der Waals surface area contributed by atoms with Gasteiger partial charge in [0.2, 0.25) is 0 Å². The Balaban J connectivity index is 1.58. The van der Waals surface area contributed by atoms with E-state index in [2.05, 4.69) is 15.6 Å². The van der Waals surface area contributed by atoms with Crippen LogP contribution in [0.3, 0.4) is 0 Å². The number of fused-ring (bicyclic) bond motifs is 1. The van der Waals surface area contributed by atoms with Crippen LogP contribution in [-0.4, -0.2) is 39.6 Å². The highest BCUT2D eigenvalue weighted by Crippen LogP contribution is 2.23. The standard InChI is InChI=1S/C26H27N5O3/c1-30-17-19(20-8-3-5-10-23(20)30)16-22(26(33)28-12-7-14-31-15-13-27-18-31)29-25(32)21-9-4-6-11-24(21)34-2/h3-6,8-11,13,15-18H,7,12,14H2,1-2H3,(H,28,33)(H,29,32)/b22-16-. The highest BCUT2D eigenvalue weighted by Gasteiger charge is 2.18. The van der Waals surface area contributed by atoms with Crippen molar-refractivity contribution >= 4 is 28.8 Å². The van der Waals surface area contributed by atoms with Crippen molar-refractivity contribution in [3.63, 3.8) is 0 Å². The third-order valence-electron chi connectivity index (χ3n) is 5.51.